The van der Waals surface area contributed by atoms with Gasteiger partial charge in [0.15, 0.2) is 0 Å². The number of carbonyl (C=O) groups is 2. The summed E-state index contributed by atoms with van der Waals surface area (Å²) in [6.07, 6.45) is 4.74. The van der Waals surface area contributed by atoms with Crippen LogP contribution in [0.5, 0.6) is 0 Å². The molecule has 3 rings (SSSR count). The molecule has 7 heteroatoms. The zero-order valence-corrected chi connectivity index (χ0v) is 14.7. The van der Waals surface area contributed by atoms with Gasteiger partial charge in [0.2, 0.25) is 11.8 Å². The minimum atomic E-state index is -0.451. The molecular weight excluding hydrogens is 318 g/mol. The highest BCUT2D eigenvalue weighted by Gasteiger charge is 2.23. The Bertz CT molecular complexity index is 799. The molecule has 0 saturated carbocycles. The fourth-order valence-electron chi connectivity index (χ4n) is 3.09. The van der Waals surface area contributed by atoms with E-state index in [2.05, 4.69) is 27.1 Å². The smallest absolute Gasteiger partial charge is 0.242 e. The van der Waals surface area contributed by atoms with E-state index in [1.807, 2.05) is 32.3 Å². The van der Waals surface area contributed by atoms with Crippen LogP contribution in [0.2, 0.25) is 0 Å². The summed E-state index contributed by atoms with van der Waals surface area (Å²) in [5.74, 6) is -0.0519. The van der Waals surface area contributed by atoms with Gasteiger partial charge in [-0.1, -0.05) is 12.1 Å². The van der Waals surface area contributed by atoms with Crippen molar-refractivity contribution in [3.8, 4) is 0 Å². The monoisotopic (exact) mass is 341 g/mol. The SMILES string of the molecule is CNC(C(=O)NC(C)c1ccc2c(c1)CCC(=O)N2)c1cnn(C)c1. The predicted octanol–water partition coefficient (Wildman–Crippen LogP) is 1.44. The molecule has 132 valence electrons. The average Bonchev–Trinajstić information content (AvgIpc) is 3.01. The van der Waals surface area contributed by atoms with Gasteiger partial charge in [-0.05, 0) is 37.6 Å². The van der Waals surface area contributed by atoms with Gasteiger partial charge in [-0.3, -0.25) is 14.3 Å². The van der Waals surface area contributed by atoms with E-state index in [9.17, 15) is 9.59 Å². The standard InChI is InChI=1S/C18H23N5O2/c1-11(12-4-6-15-13(8-12)5-7-16(24)22-15)21-18(25)17(19-2)14-9-20-23(3)10-14/h4,6,8-11,17,19H,5,7H2,1-3H3,(H,21,25)(H,22,24). The first-order valence-electron chi connectivity index (χ1n) is 8.37. The Morgan fingerprint density at radius 3 is 2.80 bits per heavy atom. The lowest BCUT2D eigenvalue weighted by atomic mass is 9.97. The van der Waals surface area contributed by atoms with Crippen LogP contribution in [0.15, 0.2) is 30.6 Å². The first kappa shape index (κ1) is 17.2. The second kappa shape index (κ2) is 7.06. The number of anilines is 1. The van der Waals surface area contributed by atoms with Gasteiger partial charge in [-0.25, -0.2) is 0 Å². The van der Waals surface area contributed by atoms with Gasteiger partial charge in [0, 0.05) is 30.9 Å². The van der Waals surface area contributed by atoms with Gasteiger partial charge < -0.3 is 16.0 Å². The Balaban J connectivity index is 1.72. The quantitative estimate of drug-likeness (QED) is 0.768. The molecule has 0 radical (unpaired) electrons. The molecule has 3 N–H and O–H groups in total. The highest BCUT2D eigenvalue weighted by Crippen LogP contribution is 2.26. The fourth-order valence-corrected chi connectivity index (χ4v) is 3.09. The van der Waals surface area contributed by atoms with Crippen LogP contribution >= 0.6 is 0 Å². The van der Waals surface area contributed by atoms with Gasteiger partial charge in [-0.2, -0.15) is 5.10 Å². The number of nitrogens with one attached hydrogen (secondary N) is 3. The third kappa shape index (κ3) is 3.71. The van der Waals surface area contributed by atoms with E-state index in [1.54, 1.807) is 17.9 Å². The second-order valence-electron chi connectivity index (χ2n) is 6.36. The predicted molar refractivity (Wildman–Crippen MR) is 95.0 cm³/mol. The van der Waals surface area contributed by atoms with Crippen LogP contribution in [0, 0.1) is 0 Å². The molecule has 2 amide bonds. The Morgan fingerprint density at radius 1 is 1.32 bits per heavy atom. The normalized spacial score (nSPS) is 15.9. The highest BCUT2D eigenvalue weighted by atomic mass is 16.2. The van der Waals surface area contributed by atoms with E-state index in [0.717, 1.165) is 28.8 Å². The van der Waals surface area contributed by atoms with Crippen molar-refractivity contribution >= 4 is 17.5 Å². The molecule has 7 nitrogen and oxygen atoms in total. The van der Waals surface area contributed by atoms with Gasteiger partial charge in [0.25, 0.3) is 0 Å². The Kier molecular flexibility index (Phi) is 4.85. The first-order chi connectivity index (χ1) is 12.0. The summed E-state index contributed by atoms with van der Waals surface area (Å²) in [4.78, 5) is 24.1. The van der Waals surface area contributed by atoms with E-state index in [0.29, 0.717) is 6.42 Å². The molecule has 2 heterocycles. The summed E-state index contributed by atoms with van der Waals surface area (Å²) in [7, 11) is 3.58. The maximum Gasteiger partial charge on any atom is 0.242 e. The number of fused-ring (bicyclic) bond motifs is 1. The van der Waals surface area contributed by atoms with Crippen LogP contribution in [0.25, 0.3) is 0 Å². The van der Waals surface area contributed by atoms with Gasteiger partial charge in [-0.15, -0.1) is 0 Å². The van der Waals surface area contributed by atoms with E-state index in [-0.39, 0.29) is 17.9 Å². The molecule has 1 aliphatic heterocycles. The fraction of sp³-hybridized carbons (Fsp3) is 0.389. The van der Waals surface area contributed by atoms with E-state index in [1.165, 1.54) is 0 Å². The summed E-state index contributed by atoms with van der Waals surface area (Å²) in [6.45, 7) is 1.96. The summed E-state index contributed by atoms with van der Waals surface area (Å²) >= 11 is 0. The number of likely N-dealkylation sites (N-methyl/N-ethyl adjacent to an activating group) is 1. The van der Waals surface area contributed by atoms with Gasteiger partial charge in [0.05, 0.1) is 12.2 Å². The van der Waals surface area contributed by atoms with Crippen molar-refractivity contribution in [3.63, 3.8) is 0 Å². The van der Waals surface area contributed by atoms with Crippen molar-refractivity contribution in [2.24, 2.45) is 7.05 Å². The summed E-state index contributed by atoms with van der Waals surface area (Å²) < 4.78 is 1.67. The molecule has 1 aromatic carbocycles. The number of rotatable bonds is 5. The van der Waals surface area contributed by atoms with Crippen LogP contribution in [0.3, 0.4) is 0 Å². The van der Waals surface area contributed by atoms with Crippen molar-refractivity contribution in [3.05, 3.63) is 47.3 Å². The van der Waals surface area contributed by atoms with E-state index >= 15 is 0 Å². The molecule has 0 aliphatic carbocycles. The van der Waals surface area contributed by atoms with E-state index < -0.39 is 6.04 Å². The van der Waals surface area contributed by atoms with Crippen LogP contribution in [-0.2, 0) is 23.1 Å². The van der Waals surface area contributed by atoms with Crippen LogP contribution < -0.4 is 16.0 Å². The molecule has 2 atom stereocenters. The van der Waals surface area contributed by atoms with Crippen molar-refractivity contribution in [2.75, 3.05) is 12.4 Å². The van der Waals surface area contributed by atoms with Gasteiger partial charge in [0.1, 0.15) is 6.04 Å². The van der Waals surface area contributed by atoms with Crippen molar-refractivity contribution < 1.29 is 9.59 Å². The van der Waals surface area contributed by atoms with Crippen molar-refractivity contribution in [1.29, 1.82) is 0 Å². The number of aryl methyl sites for hydroxylation is 2. The minimum Gasteiger partial charge on any atom is -0.348 e. The Morgan fingerprint density at radius 2 is 2.12 bits per heavy atom. The van der Waals surface area contributed by atoms with E-state index in [4.69, 9.17) is 0 Å². The van der Waals surface area contributed by atoms with Crippen molar-refractivity contribution in [2.45, 2.75) is 31.8 Å². The first-order valence-corrected chi connectivity index (χ1v) is 8.37. The Labute approximate surface area is 146 Å². The van der Waals surface area contributed by atoms with Crippen LogP contribution in [0.4, 0.5) is 5.69 Å². The topological polar surface area (TPSA) is 88.1 Å². The lowest BCUT2D eigenvalue weighted by Crippen LogP contribution is -2.37. The molecule has 1 aliphatic rings. The van der Waals surface area contributed by atoms with Crippen LogP contribution in [0.1, 0.15) is 42.1 Å². The average molecular weight is 341 g/mol. The lowest BCUT2D eigenvalue weighted by molar-refractivity contribution is -0.123. The molecule has 2 unspecified atom stereocenters. The molecule has 0 saturated heterocycles. The zero-order valence-electron chi connectivity index (χ0n) is 14.7. The Hall–Kier alpha value is -2.67. The lowest BCUT2D eigenvalue weighted by Gasteiger charge is -2.22. The molecule has 0 bridgehead atoms. The molecular formula is C18H23N5O2. The molecule has 2 aromatic rings. The minimum absolute atomic E-state index is 0.0509. The molecule has 1 aromatic heterocycles. The third-order valence-electron chi connectivity index (χ3n) is 4.49. The van der Waals surface area contributed by atoms with Crippen LogP contribution in [-0.4, -0.2) is 28.6 Å². The van der Waals surface area contributed by atoms with Crippen molar-refractivity contribution in [1.82, 2.24) is 20.4 Å². The maximum atomic E-state index is 12.6. The molecule has 0 spiro atoms. The number of aromatic nitrogens is 2. The number of benzene rings is 1. The van der Waals surface area contributed by atoms with Gasteiger partial charge >= 0.3 is 0 Å². The summed E-state index contributed by atoms with van der Waals surface area (Å²) in [6, 6.07) is 5.31. The number of amides is 2. The molecule has 25 heavy (non-hydrogen) atoms. The second-order valence-corrected chi connectivity index (χ2v) is 6.36. The largest absolute Gasteiger partial charge is 0.348 e. The highest BCUT2D eigenvalue weighted by molar-refractivity contribution is 5.94. The number of nitrogens with zero attached hydrogens (tertiary/aromatic N) is 2. The molecule has 0 fully saturated rings. The number of hydrogen-bond donors (Lipinski definition) is 3. The number of hydrogen-bond acceptors (Lipinski definition) is 4. The summed E-state index contributed by atoms with van der Waals surface area (Å²) in [5, 5.41) is 13.1. The third-order valence-corrected chi connectivity index (χ3v) is 4.49. The maximum absolute atomic E-state index is 12.6. The number of carbonyl (C=O) groups excluding carboxylic acids is 2. The zero-order chi connectivity index (χ0) is 18.0. The summed E-state index contributed by atoms with van der Waals surface area (Å²) in [5.41, 5.74) is 3.81.